The standard InChI is InChI=1S/C18H32N/c1-4-5-6-7-8-9-10-11-12-13-19-15-17(2)14-18(3)16-19/h14-16H,4-13H2,1-3H3/q+1. The Morgan fingerprint density at radius 3 is 1.74 bits per heavy atom. The van der Waals surface area contributed by atoms with E-state index in [9.17, 15) is 0 Å². The molecule has 1 nitrogen and oxygen atoms in total. The summed E-state index contributed by atoms with van der Waals surface area (Å²) < 4.78 is 2.35. The third-order valence-corrected chi connectivity index (χ3v) is 3.71. The summed E-state index contributed by atoms with van der Waals surface area (Å²) in [5, 5.41) is 0. The SMILES string of the molecule is CCCCCCCCCCC[n+]1cc(C)cc(C)c1. The molecule has 108 valence electrons. The van der Waals surface area contributed by atoms with Crippen LogP contribution in [0.2, 0.25) is 0 Å². The number of nitrogens with zero attached hydrogens (tertiary/aromatic N) is 1. The summed E-state index contributed by atoms with van der Waals surface area (Å²) in [5.41, 5.74) is 2.74. The van der Waals surface area contributed by atoms with Gasteiger partial charge in [-0.3, -0.25) is 0 Å². The van der Waals surface area contributed by atoms with Gasteiger partial charge in [0.1, 0.15) is 6.54 Å². The van der Waals surface area contributed by atoms with Crippen LogP contribution < -0.4 is 4.57 Å². The molecule has 1 rings (SSSR count). The van der Waals surface area contributed by atoms with Crippen LogP contribution in [0.25, 0.3) is 0 Å². The Hall–Kier alpha value is -0.850. The lowest BCUT2D eigenvalue weighted by Crippen LogP contribution is -2.33. The van der Waals surface area contributed by atoms with Crippen LogP contribution in [0.3, 0.4) is 0 Å². The molecule has 0 atom stereocenters. The highest BCUT2D eigenvalue weighted by Gasteiger charge is 2.02. The van der Waals surface area contributed by atoms with Crippen molar-refractivity contribution in [1.29, 1.82) is 0 Å². The molecule has 0 unspecified atom stereocenters. The summed E-state index contributed by atoms with van der Waals surface area (Å²) in [6.07, 6.45) is 17.2. The molecule has 1 aromatic rings. The average molecular weight is 262 g/mol. The average Bonchev–Trinajstić information content (AvgIpc) is 2.36. The van der Waals surface area contributed by atoms with Gasteiger partial charge in [-0.25, -0.2) is 4.57 Å². The molecule has 0 N–H and O–H groups in total. The van der Waals surface area contributed by atoms with Gasteiger partial charge in [0.15, 0.2) is 12.4 Å². The van der Waals surface area contributed by atoms with E-state index in [1.165, 1.54) is 75.5 Å². The zero-order valence-corrected chi connectivity index (χ0v) is 13.3. The van der Waals surface area contributed by atoms with Crippen LogP contribution in [0.1, 0.15) is 75.8 Å². The first-order chi connectivity index (χ1) is 9.22. The minimum absolute atomic E-state index is 1.18. The Morgan fingerprint density at radius 1 is 0.737 bits per heavy atom. The van der Waals surface area contributed by atoms with E-state index in [0.717, 1.165) is 0 Å². The Morgan fingerprint density at radius 2 is 1.21 bits per heavy atom. The van der Waals surface area contributed by atoms with Crippen LogP contribution in [0.4, 0.5) is 0 Å². The first-order valence-electron chi connectivity index (χ1n) is 8.19. The zero-order chi connectivity index (χ0) is 13.9. The Labute approximate surface area is 120 Å². The van der Waals surface area contributed by atoms with E-state index in [1.807, 2.05) is 0 Å². The van der Waals surface area contributed by atoms with E-state index in [1.54, 1.807) is 0 Å². The molecule has 1 heteroatoms. The normalized spacial score (nSPS) is 10.9. The maximum absolute atomic E-state index is 2.35. The van der Waals surface area contributed by atoms with Gasteiger partial charge in [0, 0.05) is 17.5 Å². The fourth-order valence-electron chi connectivity index (χ4n) is 2.73. The molecule has 0 radical (unpaired) electrons. The van der Waals surface area contributed by atoms with Crippen molar-refractivity contribution in [1.82, 2.24) is 0 Å². The van der Waals surface area contributed by atoms with E-state index < -0.39 is 0 Å². The first-order valence-corrected chi connectivity index (χ1v) is 8.19. The minimum atomic E-state index is 1.18. The van der Waals surface area contributed by atoms with Gasteiger partial charge in [-0.1, -0.05) is 51.9 Å². The second-order valence-corrected chi connectivity index (χ2v) is 5.96. The number of rotatable bonds is 10. The van der Waals surface area contributed by atoms with Crippen LogP contribution in [0.5, 0.6) is 0 Å². The Bertz CT molecular complexity index is 323. The Balaban J connectivity index is 2.01. The predicted octanol–water partition coefficient (Wildman–Crippen LogP) is 5.12. The van der Waals surface area contributed by atoms with E-state index in [-0.39, 0.29) is 0 Å². The number of unbranched alkanes of at least 4 members (excludes halogenated alkanes) is 8. The van der Waals surface area contributed by atoms with Crippen LogP contribution in [0.15, 0.2) is 18.5 Å². The van der Waals surface area contributed by atoms with Crippen molar-refractivity contribution in [3.8, 4) is 0 Å². The summed E-state index contributed by atoms with van der Waals surface area (Å²) in [5.74, 6) is 0. The molecule has 0 fully saturated rings. The van der Waals surface area contributed by atoms with E-state index in [0.29, 0.717) is 0 Å². The smallest absolute Gasteiger partial charge is 0.171 e. The molecule has 1 heterocycles. The lowest BCUT2D eigenvalue weighted by Gasteiger charge is -2.02. The number of pyridine rings is 1. The second-order valence-electron chi connectivity index (χ2n) is 5.96. The quantitative estimate of drug-likeness (QED) is 0.407. The lowest BCUT2D eigenvalue weighted by molar-refractivity contribution is -0.698. The third-order valence-electron chi connectivity index (χ3n) is 3.71. The van der Waals surface area contributed by atoms with Gasteiger partial charge >= 0.3 is 0 Å². The molecule has 0 bridgehead atoms. The summed E-state index contributed by atoms with van der Waals surface area (Å²) in [6, 6.07) is 2.24. The minimum Gasteiger partial charge on any atom is -0.205 e. The van der Waals surface area contributed by atoms with Crippen molar-refractivity contribution in [3.63, 3.8) is 0 Å². The molecule has 0 saturated heterocycles. The maximum Gasteiger partial charge on any atom is 0.171 e. The molecule has 0 aromatic carbocycles. The monoisotopic (exact) mass is 262 g/mol. The van der Waals surface area contributed by atoms with Crippen molar-refractivity contribution in [2.24, 2.45) is 0 Å². The molecule has 0 amide bonds. The largest absolute Gasteiger partial charge is 0.205 e. The molecular formula is C18H32N+. The molecule has 0 spiro atoms. The number of aromatic nitrogens is 1. The van der Waals surface area contributed by atoms with Crippen molar-refractivity contribution in [3.05, 3.63) is 29.6 Å². The van der Waals surface area contributed by atoms with Gasteiger partial charge in [0.25, 0.3) is 0 Å². The number of hydrogen-bond acceptors (Lipinski definition) is 0. The van der Waals surface area contributed by atoms with E-state index in [2.05, 4.69) is 43.8 Å². The van der Waals surface area contributed by atoms with Crippen molar-refractivity contribution in [2.45, 2.75) is 85.1 Å². The topological polar surface area (TPSA) is 3.88 Å². The van der Waals surface area contributed by atoms with Crippen molar-refractivity contribution in [2.75, 3.05) is 0 Å². The molecule has 1 aromatic heterocycles. The summed E-state index contributed by atoms with van der Waals surface area (Å²) in [4.78, 5) is 0. The molecule has 19 heavy (non-hydrogen) atoms. The third kappa shape index (κ3) is 8.02. The molecule has 0 aliphatic rings. The molecule has 0 saturated carbocycles. The second kappa shape index (κ2) is 10.00. The van der Waals surface area contributed by atoms with Gasteiger partial charge in [-0.15, -0.1) is 0 Å². The van der Waals surface area contributed by atoms with E-state index in [4.69, 9.17) is 0 Å². The van der Waals surface area contributed by atoms with Gasteiger partial charge in [-0.05, 0) is 26.3 Å². The first kappa shape index (κ1) is 16.2. The highest BCUT2D eigenvalue weighted by atomic mass is 14.9. The molecular weight excluding hydrogens is 230 g/mol. The summed E-state index contributed by atoms with van der Waals surface area (Å²) in [7, 11) is 0. The number of hydrogen-bond donors (Lipinski definition) is 0. The fraction of sp³-hybridized carbons (Fsp3) is 0.722. The Kier molecular flexibility index (Phi) is 8.53. The summed E-state index contributed by atoms with van der Waals surface area (Å²) >= 11 is 0. The van der Waals surface area contributed by atoms with Gasteiger partial charge in [0.05, 0.1) is 0 Å². The van der Waals surface area contributed by atoms with Gasteiger partial charge in [-0.2, -0.15) is 0 Å². The van der Waals surface area contributed by atoms with Crippen LogP contribution >= 0.6 is 0 Å². The van der Waals surface area contributed by atoms with Crippen LogP contribution in [-0.2, 0) is 6.54 Å². The van der Waals surface area contributed by atoms with Gasteiger partial charge in [0.2, 0.25) is 0 Å². The molecule has 0 aliphatic carbocycles. The predicted molar refractivity (Wildman–Crippen MR) is 83.3 cm³/mol. The lowest BCUT2D eigenvalue weighted by atomic mass is 10.1. The van der Waals surface area contributed by atoms with Crippen molar-refractivity contribution >= 4 is 0 Å². The van der Waals surface area contributed by atoms with E-state index >= 15 is 0 Å². The fourth-order valence-corrected chi connectivity index (χ4v) is 2.73. The zero-order valence-electron chi connectivity index (χ0n) is 13.3. The van der Waals surface area contributed by atoms with Crippen LogP contribution in [0, 0.1) is 13.8 Å². The van der Waals surface area contributed by atoms with Crippen molar-refractivity contribution < 1.29 is 4.57 Å². The van der Waals surface area contributed by atoms with Crippen LogP contribution in [-0.4, -0.2) is 0 Å². The van der Waals surface area contributed by atoms with Gasteiger partial charge < -0.3 is 0 Å². The highest BCUT2D eigenvalue weighted by molar-refractivity contribution is 5.11. The highest BCUT2D eigenvalue weighted by Crippen LogP contribution is 2.09. The molecule has 0 aliphatic heterocycles. The maximum atomic E-state index is 2.35. The number of aryl methyl sites for hydroxylation is 3. The summed E-state index contributed by atoms with van der Waals surface area (Å²) in [6.45, 7) is 7.82.